The smallest absolute Gasteiger partial charge is 0.0759 e. The largest absolute Gasteiger partial charge is 0.259 e. The number of thioether (sulfide) groups is 1. The van der Waals surface area contributed by atoms with E-state index in [0.717, 1.165) is 12.1 Å². The van der Waals surface area contributed by atoms with Crippen molar-refractivity contribution in [1.29, 1.82) is 0 Å². The predicted octanol–water partition coefficient (Wildman–Crippen LogP) is 4.97. The van der Waals surface area contributed by atoms with Gasteiger partial charge in [-0.25, -0.2) is 0 Å². The average Bonchev–Trinajstić information content (AvgIpc) is 2.50. The van der Waals surface area contributed by atoms with Crippen molar-refractivity contribution in [3.8, 4) is 0 Å². The maximum absolute atomic E-state index is 4.68. The minimum atomic E-state index is 0.115. The second-order valence-corrected chi connectivity index (χ2v) is 7.50. The minimum absolute atomic E-state index is 0.115. The van der Waals surface area contributed by atoms with Crippen LogP contribution in [0.4, 0.5) is 0 Å². The third kappa shape index (κ3) is 2.49. The van der Waals surface area contributed by atoms with Gasteiger partial charge in [0.2, 0.25) is 0 Å². The fourth-order valence-corrected chi connectivity index (χ4v) is 3.09. The molecule has 2 unspecified atom stereocenters. The summed E-state index contributed by atoms with van der Waals surface area (Å²) in [5.41, 5.74) is 1.29. The molecule has 0 aromatic carbocycles. The van der Waals surface area contributed by atoms with Crippen LogP contribution in [0.25, 0.3) is 0 Å². The summed E-state index contributed by atoms with van der Waals surface area (Å²) < 4.78 is 0.115. The zero-order valence-corrected chi connectivity index (χ0v) is 12.8. The summed E-state index contributed by atoms with van der Waals surface area (Å²) in [5.74, 6) is 0.582. The Bertz CT molecular complexity index is 456. The summed E-state index contributed by atoms with van der Waals surface area (Å²) in [6.07, 6.45) is 12.3. The fraction of sp³-hybridized carbons (Fsp3) is 0.562. The molecule has 2 rings (SSSR count). The molecule has 0 saturated heterocycles. The van der Waals surface area contributed by atoms with Crippen LogP contribution in [0.1, 0.15) is 41.0 Å². The molecule has 1 heterocycles. The molecule has 98 valence electrons. The standard InChI is InChI=1S/C16H23NS/c1-6-15(4)9-7-13-14(8-10-15)18-16(5,11-17-13)12(2)3/h7-12H,6H2,1-5H3. The Hall–Kier alpha value is -0.760. The maximum atomic E-state index is 4.68. The molecule has 1 nitrogen and oxygen atoms in total. The maximum Gasteiger partial charge on any atom is 0.0759 e. The number of nitrogens with zero attached hydrogens (tertiary/aromatic N) is 1. The highest BCUT2D eigenvalue weighted by atomic mass is 32.2. The lowest BCUT2D eigenvalue weighted by atomic mass is 9.87. The molecule has 0 saturated carbocycles. The van der Waals surface area contributed by atoms with Gasteiger partial charge in [0, 0.05) is 16.5 Å². The lowest BCUT2D eigenvalue weighted by Gasteiger charge is -2.32. The molecule has 0 amide bonds. The van der Waals surface area contributed by atoms with Crippen LogP contribution in [-0.4, -0.2) is 11.0 Å². The molecule has 2 atom stereocenters. The minimum Gasteiger partial charge on any atom is -0.259 e. The Morgan fingerprint density at radius 2 is 1.89 bits per heavy atom. The summed E-state index contributed by atoms with van der Waals surface area (Å²) in [6.45, 7) is 11.3. The highest BCUT2D eigenvalue weighted by Gasteiger charge is 2.32. The molecule has 2 aliphatic rings. The van der Waals surface area contributed by atoms with Crippen LogP contribution in [-0.2, 0) is 0 Å². The number of allylic oxidation sites excluding steroid dienone is 4. The number of hydrogen-bond donors (Lipinski definition) is 0. The summed E-state index contributed by atoms with van der Waals surface area (Å²) >= 11 is 1.94. The van der Waals surface area contributed by atoms with E-state index in [2.05, 4.69) is 70.1 Å². The highest BCUT2D eigenvalue weighted by Crippen LogP contribution is 2.44. The number of aliphatic imine (C=N–C) groups is 1. The number of hydrogen-bond acceptors (Lipinski definition) is 2. The van der Waals surface area contributed by atoms with E-state index in [9.17, 15) is 0 Å². The zero-order chi connectivity index (χ0) is 13.4. The van der Waals surface area contributed by atoms with Crippen LogP contribution < -0.4 is 0 Å². The van der Waals surface area contributed by atoms with Crippen molar-refractivity contribution in [2.75, 3.05) is 0 Å². The second kappa shape index (κ2) is 4.73. The lowest BCUT2D eigenvalue weighted by molar-refractivity contribution is 0.531. The van der Waals surface area contributed by atoms with E-state index < -0.39 is 0 Å². The zero-order valence-electron chi connectivity index (χ0n) is 12.0. The van der Waals surface area contributed by atoms with E-state index in [-0.39, 0.29) is 10.2 Å². The van der Waals surface area contributed by atoms with E-state index in [1.54, 1.807) is 0 Å². The van der Waals surface area contributed by atoms with Crippen LogP contribution in [0.5, 0.6) is 0 Å². The first kappa shape index (κ1) is 13.7. The molecule has 0 spiro atoms. The first-order valence-electron chi connectivity index (χ1n) is 6.75. The van der Waals surface area contributed by atoms with Gasteiger partial charge in [-0.3, -0.25) is 4.99 Å². The molecule has 1 aliphatic heterocycles. The first-order valence-corrected chi connectivity index (χ1v) is 7.57. The van der Waals surface area contributed by atoms with Crippen molar-refractivity contribution in [3.05, 3.63) is 34.9 Å². The van der Waals surface area contributed by atoms with Crippen molar-refractivity contribution in [3.63, 3.8) is 0 Å². The van der Waals surface area contributed by atoms with Crippen molar-refractivity contribution in [2.45, 2.75) is 45.8 Å². The highest BCUT2D eigenvalue weighted by molar-refractivity contribution is 8.05. The normalized spacial score (nSPS) is 35.0. The summed E-state index contributed by atoms with van der Waals surface area (Å²) in [6, 6.07) is 0. The molecule has 0 N–H and O–H groups in total. The fourth-order valence-electron chi connectivity index (χ4n) is 1.92. The number of rotatable bonds is 2. The SMILES string of the molecule is CCC1(C)C=CC2=C(C=C1)SC(C)(C(C)C)C=N2. The van der Waals surface area contributed by atoms with Gasteiger partial charge >= 0.3 is 0 Å². The van der Waals surface area contributed by atoms with Crippen LogP contribution >= 0.6 is 11.8 Å². The second-order valence-electron chi connectivity index (χ2n) is 5.97. The molecule has 18 heavy (non-hydrogen) atoms. The third-order valence-corrected chi connectivity index (χ3v) is 5.77. The average molecular weight is 261 g/mol. The van der Waals surface area contributed by atoms with Gasteiger partial charge in [0.25, 0.3) is 0 Å². The molecule has 1 aliphatic carbocycles. The molecule has 2 heteroatoms. The van der Waals surface area contributed by atoms with E-state index in [4.69, 9.17) is 0 Å². The van der Waals surface area contributed by atoms with Gasteiger partial charge in [0.15, 0.2) is 0 Å². The lowest BCUT2D eigenvalue weighted by Crippen LogP contribution is -2.31. The van der Waals surface area contributed by atoms with Crippen LogP contribution in [0.15, 0.2) is 39.9 Å². The van der Waals surface area contributed by atoms with Gasteiger partial charge in [-0.2, -0.15) is 0 Å². The molecule has 0 fully saturated rings. The molecule has 0 aromatic heterocycles. The van der Waals surface area contributed by atoms with Crippen molar-refractivity contribution in [1.82, 2.24) is 0 Å². The van der Waals surface area contributed by atoms with Gasteiger partial charge < -0.3 is 0 Å². The Balaban J connectivity index is 2.32. The van der Waals surface area contributed by atoms with Crippen LogP contribution in [0.2, 0.25) is 0 Å². The molecule has 0 bridgehead atoms. The van der Waals surface area contributed by atoms with Crippen molar-refractivity contribution in [2.24, 2.45) is 16.3 Å². The Labute approximate surface area is 115 Å². The monoisotopic (exact) mass is 261 g/mol. The van der Waals surface area contributed by atoms with Crippen molar-refractivity contribution < 1.29 is 0 Å². The van der Waals surface area contributed by atoms with E-state index >= 15 is 0 Å². The van der Waals surface area contributed by atoms with E-state index in [0.29, 0.717) is 5.92 Å². The van der Waals surface area contributed by atoms with Crippen LogP contribution in [0.3, 0.4) is 0 Å². The van der Waals surface area contributed by atoms with Crippen molar-refractivity contribution >= 4 is 18.0 Å². The quantitative estimate of drug-likeness (QED) is 0.683. The van der Waals surface area contributed by atoms with Gasteiger partial charge in [-0.05, 0) is 31.4 Å². The Kier molecular flexibility index (Phi) is 3.59. The molecular formula is C16H23NS. The summed E-state index contributed by atoms with van der Waals surface area (Å²) in [5, 5.41) is 0. The van der Waals surface area contributed by atoms with E-state index in [1.807, 2.05) is 11.8 Å². The third-order valence-electron chi connectivity index (χ3n) is 4.19. The van der Waals surface area contributed by atoms with Gasteiger partial charge in [0.05, 0.1) is 10.4 Å². The predicted molar refractivity (Wildman–Crippen MR) is 83.0 cm³/mol. The Morgan fingerprint density at radius 1 is 1.22 bits per heavy atom. The van der Waals surface area contributed by atoms with Crippen LogP contribution in [0, 0.1) is 11.3 Å². The summed E-state index contributed by atoms with van der Waals surface area (Å²) in [4.78, 5) is 5.99. The molecule has 0 radical (unpaired) electrons. The summed E-state index contributed by atoms with van der Waals surface area (Å²) in [7, 11) is 0. The first-order chi connectivity index (χ1) is 8.38. The Morgan fingerprint density at radius 3 is 2.50 bits per heavy atom. The van der Waals surface area contributed by atoms with Gasteiger partial charge in [-0.1, -0.05) is 39.8 Å². The molecular weight excluding hydrogens is 238 g/mol. The molecule has 0 aromatic rings. The topological polar surface area (TPSA) is 12.4 Å². The van der Waals surface area contributed by atoms with Gasteiger partial charge in [0.1, 0.15) is 0 Å². The van der Waals surface area contributed by atoms with Gasteiger partial charge in [-0.15, -0.1) is 11.8 Å². The van der Waals surface area contributed by atoms with E-state index in [1.165, 1.54) is 4.91 Å².